The summed E-state index contributed by atoms with van der Waals surface area (Å²) in [5.41, 5.74) is 6.11. The van der Waals surface area contributed by atoms with E-state index in [1.807, 2.05) is 81.8 Å². The molecule has 1 atom stereocenters. The molecule has 198 valence electrons. The average Bonchev–Trinajstić information content (AvgIpc) is 3.37. The second-order valence-electron chi connectivity index (χ2n) is 9.58. The minimum atomic E-state index is 0.181. The molecular formula is C30H37N7O. The Morgan fingerprint density at radius 3 is 2.45 bits per heavy atom. The van der Waals surface area contributed by atoms with E-state index >= 15 is 0 Å². The first-order chi connectivity index (χ1) is 18.5. The number of benzene rings is 2. The molecule has 1 unspecified atom stereocenters. The highest BCUT2D eigenvalue weighted by Gasteiger charge is 2.26. The van der Waals surface area contributed by atoms with Crippen molar-refractivity contribution in [3.63, 3.8) is 0 Å². The number of carbonyl (C=O) groups excluding carboxylic acids is 1. The lowest BCUT2D eigenvalue weighted by atomic mass is 9.97. The molecule has 0 aliphatic carbocycles. The Balaban J connectivity index is 0.000000257. The highest BCUT2D eigenvalue weighted by atomic mass is 16.1. The lowest BCUT2D eigenvalue weighted by molar-refractivity contribution is -0.119. The van der Waals surface area contributed by atoms with Crippen molar-refractivity contribution in [2.75, 3.05) is 56.8 Å². The van der Waals surface area contributed by atoms with Gasteiger partial charge in [0.1, 0.15) is 11.5 Å². The van der Waals surface area contributed by atoms with Crippen LogP contribution in [0.2, 0.25) is 0 Å². The molecule has 8 heteroatoms. The van der Waals surface area contributed by atoms with Crippen LogP contribution in [0, 0.1) is 5.41 Å². The van der Waals surface area contributed by atoms with Crippen LogP contribution < -0.4 is 15.5 Å². The van der Waals surface area contributed by atoms with Crippen molar-refractivity contribution in [1.29, 1.82) is 5.41 Å². The lowest BCUT2D eigenvalue weighted by Crippen LogP contribution is -2.33. The van der Waals surface area contributed by atoms with Crippen LogP contribution >= 0.6 is 0 Å². The van der Waals surface area contributed by atoms with Crippen LogP contribution in [0.1, 0.15) is 35.8 Å². The van der Waals surface area contributed by atoms with Crippen molar-refractivity contribution in [3.05, 3.63) is 90.0 Å². The van der Waals surface area contributed by atoms with E-state index in [2.05, 4.69) is 44.2 Å². The molecule has 38 heavy (non-hydrogen) atoms. The van der Waals surface area contributed by atoms with Crippen LogP contribution in [0.5, 0.6) is 0 Å². The van der Waals surface area contributed by atoms with Gasteiger partial charge in [0.15, 0.2) is 0 Å². The minimum Gasteiger partial charge on any atom is -0.388 e. The van der Waals surface area contributed by atoms with Gasteiger partial charge in [-0.3, -0.25) is 10.2 Å². The Morgan fingerprint density at radius 2 is 1.76 bits per heavy atom. The van der Waals surface area contributed by atoms with Crippen LogP contribution in [0.25, 0.3) is 5.52 Å². The second-order valence-corrected chi connectivity index (χ2v) is 9.58. The topological polar surface area (TPSA) is 88.8 Å². The average molecular weight is 512 g/mol. The third-order valence-corrected chi connectivity index (χ3v) is 6.92. The summed E-state index contributed by atoms with van der Waals surface area (Å²) >= 11 is 0. The Morgan fingerprint density at radius 1 is 1.03 bits per heavy atom. The molecule has 5 rings (SSSR count). The Kier molecular flexibility index (Phi) is 8.63. The van der Waals surface area contributed by atoms with Gasteiger partial charge in [-0.1, -0.05) is 24.3 Å². The van der Waals surface area contributed by atoms with E-state index in [4.69, 9.17) is 10.4 Å². The minimum absolute atomic E-state index is 0.181. The van der Waals surface area contributed by atoms with Gasteiger partial charge >= 0.3 is 0 Å². The number of hydrogen-bond acceptors (Lipinski definition) is 6. The van der Waals surface area contributed by atoms with Crippen LogP contribution in [0.15, 0.2) is 72.9 Å². The number of hydrogen-bond donors (Lipinski definition) is 3. The van der Waals surface area contributed by atoms with E-state index in [9.17, 15) is 4.79 Å². The van der Waals surface area contributed by atoms with Crippen LogP contribution in [-0.4, -0.2) is 67.7 Å². The molecule has 3 N–H and O–H groups in total. The number of piperidine rings is 1. The monoisotopic (exact) mass is 511 g/mol. The number of imidazole rings is 1. The number of rotatable bonds is 7. The Bertz CT molecular complexity index is 1380. The molecular weight excluding hydrogens is 474 g/mol. The number of likely N-dealkylation sites (tertiary alicyclic amines) is 1. The van der Waals surface area contributed by atoms with Crippen LogP contribution in [0.3, 0.4) is 0 Å². The number of aromatic nitrogens is 2. The summed E-state index contributed by atoms with van der Waals surface area (Å²) in [5, 5.41) is 15.0. The van der Waals surface area contributed by atoms with Crippen LogP contribution in [0.4, 0.5) is 17.1 Å². The standard InChI is InChI=1S/C21H23N5O.C9H14N2/c1-23-17-9-3-2-8-16(17)19(22)20-18-10-4-5-12-26(18)21(24-20)15-7-6-11-25(13-15)14-27;1-10-8-4-6-9(7-5-8)11(2)3/h2-5,8-10,12,14-15,22-23H,6-7,11,13H2,1H3;4-7,10H,1-3H3. The van der Waals surface area contributed by atoms with Crippen molar-refractivity contribution in [2.24, 2.45) is 0 Å². The fraction of sp³-hybridized carbons (Fsp3) is 0.300. The summed E-state index contributed by atoms with van der Waals surface area (Å²) in [6, 6.07) is 22.1. The molecule has 3 heterocycles. The zero-order valence-electron chi connectivity index (χ0n) is 22.6. The van der Waals surface area contributed by atoms with E-state index in [0.29, 0.717) is 18.0 Å². The molecule has 1 fully saturated rings. The summed E-state index contributed by atoms with van der Waals surface area (Å²) in [6.45, 7) is 1.49. The fourth-order valence-electron chi connectivity index (χ4n) is 4.82. The number of anilines is 3. The first-order valence-corrected chi connectivity index (χ1v) is 12.9. The number of carbonyl (C=O) groups is 1. The van der Waals surface area contributed by atoms with E-state index in [0.717, 1.165) is 54.1 Å². The summed E-state index contributed by atoms with van der Waals surface area (Å²) in [7, 11) is 7.85. The van der Waals surface area contributed by atoms with Gasteiger partial charge in [-0.25, -0.2) is 4.98 Å². The molecule has 0 spiro atoms. The predicted molar refractivity (Wildman–Crippen MR) is 157 cm³/mol. The molecule has 0 bridgehead atoms. The number of fused-ring (bicyclic) bond motifs is 1. The highest BCUT2D eigenvalue weighted by Crippen LogP contribution is 2.29. The molecule has 1 saturated heterocycles. The third-order valence-electron chi connectivity index (χ3n) is 6.92. The highest BCUT2D eigenvalue weighted by molar-refractivity contribution is 6.16. The maximum atomic E-state index is 11.2. The zero-order chi connectivity index (χ0) is 27.1. The molecule has 1 aliphatic rings. The molecule has 4 aromatic rings. The Hall–Kier alpha value is -4.33. The van der Waals surface area contributed by atoms with Gasteiger partial charge in [-0.05, 0) is 55.3 Å². The van der Waals surface area contributed by atoms with Gasteiger partial charge in [-0.2, -0.15) is 0 Å². The molecule has 8 nitrogen and oxygen atoms in total. The molecule has 2 aromatic heterocycles. The maximum absolute atomic E-state index is 11.2. The summed E-state index contributed by atoms with van der Waals surface area (Å²) in [4.78, 5) is 20.0. The van der Waals surface area contributed by atoms with Crippen molar-refractivity contribution in [3.8, 4) is 0 Å². The molecule has 1 aliphatic heterocycles. The molecule has 2 aromatic carbocycles. The zero-order valence-corrected chi connectivity index (χ0v) is 22.6. The summed E-state index contributed by atoms with van der Waals surface area (Å²) in [5.74, 6) is 1.11. The van der Waals surface area contributed by atoms with Crippen molar-refractivity contribution in [2.45, 2.75) is 18.8 Å². The SMILES string of the molecule is CNc1ccc(N(C)C)cc1.CNc1ccccc1C(=N)c1nc(C2CCCN(C=O)C2)n2ccccc12. The second kappa shape index (κ2) is 12.3. The van der Waals surface area contributed by atoms with Crippen molar-refractivity contribution in [1.82, 2.24) is 14.3 Å². The smallest absolute Gasteiger partial charge is 0.209 e. The third kappa shape index (κ3) is 5.80. The maximum Gasteiger partial charge on any atom is 0.209 e. The Labute approximate surface area is 224 Å². The summed E-state index contributed by atoms with van der Waals surface area (Å²) < 4.78 is 2.07. The number of pyridine rings is 1. The fourth-order valence-corrected chi connectivity index (χ4v) is 4.82. The molecule has 0 radical (unpaired) electrons. The molecule has 0 saturated carbocycles. The first-order valence-electron chi connectivity index (χ1n) is 12.9. The van der Waals surface area contributed by atoms with E-state index in [1.165, 1.54) is 5.69 Å². The van der Waals surface area contributed by atoms with Crippen molar-refractivity contribution < 1.29 is 4.79 Å². The predicted octanol–water partition coefficient (Wildman–Crippen LogP) is 4.92. The number of para-hydroxylation sites is 1. The van der Waals surface area contributed by atoms with E-state index in [-0.39, 0.29) is 5.92 Å². The normalized spacial score (nSPS) is 14.8. The first kappa shape index (κ1) is 26.7. The van der Waals surface area contributed by atoms with Gasteiger partial charge in [0, 0.05) is 76.0 Å². The van der Waals surface area contributed by atoms with Gasteiger partial charge in [0.25, 0.3) is 0 Å². The lowest BCUT2D eigenvalue weighted by Gasteiger charge is -2.29. The number of nitrogens with one attached hydrogen (secondary N) is 3. The largest absolute Gasteiger partial charge is 0.388 e. The molecule has 1 amide bonds. The van der Waals surface area contributed by atoms with Gasteiger partial charge in [-0.15, -0.1) is 0 Å². The van der Waals surface area contributed by atoms with E-state index in [1.54, 1.807) is 0 Å². The quantitative estimate of drug-likeness (QED) is 0.242. The number of amides is 1. The summed E-state index contributed by atoms with van der Waals surface area (Å²) in [6.07, 6.45) is 4.89. The van der Waals surface area contributed by atoms with Gasteiger partial charge in [0.05, 0.1) is 11.2 Å². The van der Waals surface area contributed by atoms with Gasteiger partial charge in [0.2, 0.25) is 6.41 Å². The van der Waals surface area contributed by atoms with Crippen molar-refractivity contribution >= 4 is 34.7 Å². The number of nitrogens with zero attached hydrogens (tertiary/aromatic N) is 4. The van der Waals surface area contributed by atoms with E-state index < -0.39 is 0 Å². The van der Waals surface area contributed by atoms with Gasteiger partial charge < -0.3 is 24.8 Å². The van der Waals surface area contributed by atoms with Crippen LogP contribution in [-0.2, 0) is 4.79 Å².